The molecule has 2 aromatic rings. The zero-order valence-electron chi connectivity index (χ0n) is 8.61. The molecule has 0 saturated carbocycles. The van der Waals surface area contributed by atoms with E-state index in [0.29, 0.717) is 11.3 Å². The second kappa shape index (κ2) is 4.30. The fraction of sp³-hybridized carbons (Fsp3) is 0.0833. The van der Waals surface area contributed by atoms with Crippen LogP contribution < -0.4 is 0 Å². The molecular formula is C12H8ClN3. The molecule has 78 valence electrons. The molecule has 1 aromatic carbocycles. The summed E-state index contributed by atoms with van der Waals surface area (Å²) in [5.74, 6) is 0. The van der Waals surface area contributed by atoms with Gasteiger partial charge in [0, 0.05) is 5.56 Å². The van der Waals surface area contributed by atoms with E-state index in [1.54, 1.807) is 6.07 Å². The molecule has 0 aliphatic carbocycles. The number of rotatable bonds is 1. The lowest BCUT2D eigenvalue weighted by atomic mass is 10.1. The van der Waals surface area contributed by atoms with Crippen LogP contribution in [-0.4, -0.2) is 10.2 Å². The van der Waals surface area contributed by atoms with Crippen molar-refractivity contribution in [3.8, 4) is 17.3 Å². The highest BCUT2D eigenvalue weighted by molar-refractivity contribution is 6.30. The quantitative estimate of drug-likeness (QED) is 0.755. The van der Waals surface area contributed by atoms with Gasteiger partial charge in [0.05, 0.1) is 11.3 Å². The molecular weight excluding hydrogens is 222 g/mol. The van der Waals surface area contributed by atoms with Crippen molar-refractivity contribution in [2.24, 2.45) is 0 Å². The summed E-state index contributed by atoms with van der Waals surface area (Å²) in [6.07, 6.45) is 0. The van der Waals surface area contributed by atoms with Gasteiger partial charge in [-0.25, -0.2) is 0 Å². The van der Waals surface area contributed by atoms with E-state index in [9.17, 15) is 0 Å². The topological polar surface area (TPSA) is 49.6 Å². The summed E-state index contributed by atoms with van der Waals surface area (Å²) in [6, 6.07) is 11.5. The zero-order valence-corrected chi connectivity index (χ0v) is 9.36. The van der Waals surface area contributed by atoms with E-state index in [0.717, 1.165) is 11.1 Å². The van der Waals surface area contributed by atoms with E-state index in [4.69, 9.17) is 16.9 Å². The summed E-state index contributed by atoms with van der Waals surface area (Å²) >= 11 is 5.72. The van der Waals surface area contributed by atoms with Crippen LogP contribution in [0.15, 0.2) is 30.3 Å². The van der Waals surface area contributed by atoms with Gasteiger partial charge in [0.1, 0.15) is 6.07 Å². The first kappa shape index (κ1) is 10.6. The third-order valence-electron chi connectivity index (χ3n) is 2.18. The van der Waals surface area contributed by atoms with E-state index in [1.165, 1.54) is 0 Å². The lowest BCUT2D eigenvalue weighted by molar-refractivity contribution is 1.03. The molecule has 1 aromatic heterocycles. The molecule has 2 rings (SSSR count). The first-order valence-corrected chi connectivity index (χ1v) is 5.09. The van der Waals surface area contributed by atoms with Crippen LogP contribution in [0.5, 0.6) is 0 Å². The Morgan fingerprint density at radius 3 is 2.75 bits per heavy atom. The monoisotopic (exact) mass is 229 g/mol. The lowest BCUT2D eigenvalue weighted by Gasteiger charge is -2.02. The smallest absolute Gasteiger partial charge is 0.169 e. The van der Waals surface area contributed by atoms with Crippen LogP contribution >= 0.6 is 11.6 Å². The average molecular weight is 230 g/mol. The lowest BCUT2D eigenvalue weighted by Crippen LogP contribution is -1.91. The van der Waals surface area contributed by atoms with Gasteiger partial charge in [-0.1, -0.05) is 35.4 Å². The number of aromatic nitrogens is 2. The fourth-order valence-corrected chi connectivity index (χ4v) is 1.54. The minimum absolute atomic E-state index is 0.138. The molecule has 0 saturated heterocycles. The third-order valence-corrected chi connectivity index (χ3v) is 2.46. The van der Waals surface area contributed by atoms with Crippen molar-refractivity contribution in [2.45, 2.75) is 6.92 Å². The SMILES string of the molecule is Cc1cccc(-c2cc(C#N)c(Cl)nn2)c1. The van der Waals surface area contributed by atoms with Gasteiger partial charge < -0.3 is 0 Å². The Labute approximate surface area is 98.3 Å². The molecule has 0 spiro atoms. The van der Waals surface area contributed by atoms with Gasteiger partial charge in [0.25, 0.3) is 0 Å². The Kier molecular flexibility index (Phi) is 2.84. The minimum atomic E-state index is 0.138. The number of benzene rings is 1. The Balaban J connectivity index is 2.54. The molecule has 0 aliphatic heterocycles. The number of nitriles is 1. The van der Waals surface area contributed by atoms with Gasteiger partial charge in [-0.2, -0.15) is 5.26 Å². The van der Waals surface area contributed by atoms with Crippen molar-refractivity contribution < 1.29 is 0 Å². The van der Waals surface area contributed by atoms with Crippen LogP contribution in [0.25, 0.3) is 11.3 Å². The second-order valence-electron chi connectivity index (χ2n) is 3.42. The molecule has 0 amide bonds. The van der Waals surface area contributed by atoms with E-state index in [2.05, 4.69) is 10.2 Å². The fourth-order valence-electron chi connectivity index (χ4n) is 1.40. The predicted molar refractivity (Wildman–Crippen MR) is 61.9 cm³/mol. The number of hydrogen-bond donors (Lipinski definition) is 0. The van der Waals surface area contributed by atoms with E-state index < -0.39 is 0 Å². The first-order chi connectivity index (χ1) is 7.70. The standard InChI is InChI=1S/C12H8ClN3/c1-8-3-2-4-9(5-8)11-6-10(7-14)12(13)16-15-11/h2-6H,1H3. The van der Waals surface area contributed by atoms with Crippen LogP contribution in [0.2, 0.25) is 5.15 Å². The predicted octanol–water partition coefficient (Wildman–Crippen LogP) is 2.98. The van der Waals surface area contributed by atoms with Gasteiger partial charge in [-0.15, -0.1) is 10.2 Å². The summed E-state index contributed by atoms with van der Waals surface area (Å²) in [5, 5.41) is 16.7. The van der Waals surface area contributed by atoms with Gasteiger partial charge in [-0.05, 0) is 19.1 Å². The van der Waals surface area contributed by atoms with Crippen molar-refractivity contribution in [3.05, 3.63) is 46.6 Å². The molecule has 0 radical (unpaired) electrons. The number of hydrogen-bond acceptors (Lipinski definition) is 3. The Bertz CT molecular complexity index is 573. The molecule has 0 aliphatic rings. The Morgan fingerprint density at radius 2 is 2.06 bits per heavy atom. The average Bonchev–Trinajstić information content (AvgIpc) is 2.29. The molecule has 0 bridgehead atoms. The first-order valence-electron chi connectivity index (χ1n) is 4.71. The molecule has 4 heteroatoms. The zero-order chi connectivity index (χ0) is 11.5. The summed E-state index contributed by atoms with van der Waals surface area (Å²) in [6.45, 7) is 2.00. The Morgan fingerprint density at radius 1 is 1.25 bits per heavy atom. The van der Waals surface area contributed by atoms with Crippen molar-refractivity contribution in [2.75, 3.05) is 0 Å². The summed E-state index contributed by atoms with van der Waals surface area (Å²) < 4.78 is 0. The van der Waals surface area contributed by atoms with Gasteiger partial charge in [0.15, 0.2) is 5.15 Å². The third kappa shape index (κ3) is 2.02. The molecule has 0 unspecified atom stereocenters. The van der Waals surface area contributed by atoms with Crippen LogP contribution in [0.3, 0.4) is 0 Å². The maximum Gasteiger partial charge on any atom is 0.169 e. The van der Waals surface area contributed by atoms with Gasteiger partial charge in [-0.3, -0.25) is 0 Å². The largest absolute Gasteiger partial charge is 0.192 e. The van der Waals surface area contributed by atoms with Crippen molar-refractivity contribution in [1.82, 2.24) is 10.2 Å². The Hall–Kier alpha value is -1.92. The molecule has 3 nitrogen and oxygen atoms in total. The molecule has 1 heterocycles. The van der Waals surface area contributed by atoms with Crippen LogP contribution in [0, 0.1) is 18.3 Å². The van der Waals surface area contributed by atoms with Crippen LogP contribution in [0.1, 0.15) is 11.1 Å². The highest BCUT2D eigenvalue weighted by Gasteiger charge is 2.06. The second-order valence-corrected chi connectivity index (χ2v) is 3.77. The van der Waals surface area contributed by atoms with Gasteiger partial charge >= 0.3 is 0 Å². The van der Waals surface area contributed by atoms with E-state index in [1.807, 2.05) is 37.3 Å². The van der Waals surface area contributed by atoms with Crippen LogP contribution in [0.4, 0.5) is 0 Å². The minimum Gasteiger partial charge on any atom is -0.192 e. The van der Waals surface area contributed by atoms with Gasteiger partial charge in [0.2, 0.25) is 0 Å². The van der Waals surface area contributed by atoms with Crippen molar-refractivity contribution in [1.29, 1.82) is 5.26 Å². The summed E-state index contributed by atoms with van der Waals surface area (Å²) in [5.41, 5.74) is 3.06. The molecule has 0 N–H and O–H groups in total. The van der Waals surface area contributed by atoms with Crippen LogP contribution in [-0.2, 0) is 0 Å². The highest BCUT2D eigenvalue weighted by Crippen LogP contribution is 2.20. The summed E-state index contributed by atoms with van der Waals surface area (Å²) in [4.78, 5) is 0. The molecule has 0 fully saturated rings. The summed E-state index contributed by atoms with van der Waals surface area (Å²) in [7, 11) is 0. The molecule has 0 atom stereocenters. The van der Waals surface area contributed by atoms with Crippen molar-refractivity contribution in [3.63, 3.8) is 0 Å². The maximum atomic E-state index is 8.84. The highest BCUT2D eigenvalue weighted by atomic mass is 35.5. The molecule has 16 heavy (non-hydrogen) atoms. The van der Waals surface area contributed by atoms with E-state index in [-0.39, 0.29) is 5.15 Å². The number of nitrogens with zero attached hydrogens (tertiary/aromatic N) is 3. The van der Waals surface area contributed by atoms with E-state index >= 15 is 0 Å². The number of halogens is 1. The normalized spacial score (nSPS) is 9.81. The van der Waals surface area contributed by atoms with Crippen molar-refractivity contribution >= 4 is 11.6 Å². The maximum absolute atomic E-state index is 8.84. The number of aryl methyl sites for hydroxylation is 1.